The van der Waals surface area contributed by atoms with E-state index >= 15 is 0 Å². The molecule has 1 aromatic heterocycles. The van der Waals surface area contributed by atoms with Crippen LogP contribution in [-0.4, -0.2) is 40.0 Å². The zero-order chi connectivity index (χ0) is 19.5. The van der Waals surface area contributed by atoms with Gasteiger partial charge in [-0.2, -0.15) is 0 Å². The predicted molar refractivity (Wildman–Crippen MR) is 115 cm³/mol. The Morgan fingerprint density at radius 3 is 2.61 bits per heavy atom. The number of ketones is 1. The molecule has 5 heteroatoms. The summed E-state index contributed by atoms with van der Waals surface area (Å²) in [5, 5.41) is 0. The van der Waals surface area contributed by atoms with Crippen molar-refractivity contribution in [1.82, 2.24) is 14.9 Å². The lowest BCUT2D eigenvalue weighted by Gasteiger charge is -2.32. The Balaban J connectivity index is 1.51. The van der Waals surface area contributed by atoms with Crippen LogP contribution in [0.15, 0.2) is 53.4 Å². The van der Waals surface area contributed by atoms with Gasteiger partial charge in [0.15, 0.2) is 5.78 Å². The van der Waals surface area contributed by atoms with Crippen molar-refractivity contribution in [3.8, 4) is 0 Å². The van der Waals surface area contributed by atoms with Gasteiger partial charge in [-0.25, -0.2) is 9.97 Å². The van der Waals surface area contributed by atoms with E-state index in [2.05, 4.69) is 4.90 Å². The van der Waals surface area contributed by atoms with Crippen molar-refractivity contribution < 1.29 is 4.79 Å². The summed E-state index contributed by atoms with van der Waals surface area (Å²) in [7, 11) is 0. The number of fused-ring (bicyclic) bond motifs is 1. The van der Waals surface area contributed by atoms with E-state index in [1.807, 2.05) is 61.7 Å². The van der Waals surface area contributed by atoms with Crippen molar-refractivity contribution in [2.75, 3.05) is 19.3 Å². The van der Waals surface area contributed by atoms with Crippen LogP contribution in [0.1, 0.15) is 34.6 Å². The Labute approximate surface area is 170 Å². The van der Waals surface area contributed by atoms with Gasteiger partial charge in [-0.3, -0.25) is 9.69 Å². The highest BCUT2D eigenvalue weighted by Crippen LogP contribution is 2.27. The van der Waals surface area contributed by atoms with E-state index in [1.54, 1.807) is 11.8 Å². The van der Waals surface area contributed by atoms with Gasteiger partial charge in [0.1, 0.15) is 0 Å². The summed E-state index contributed by atoms with van der Waals surface area (Å²) in [5.41, 5.74) is 4.71. The number of nitrogens with zero attached hydrogens (tertiary/aromatic N) is 3. The largest absolute Gasteiger partial charge is 0.297 e. The molecule has 2 heterocycles. The topological polar surface area (TPSA) is 46.1 Å². The second kappa shape index (κ2) is 8.41. The Kier molecular flexibility index (Phi) is 5.74. The van der Waals surface area contributed by atoms with Crippen molar-refractivity contribution >= 4 is 28.6 Å². The minimum atomic E-state index is 0.0516. The first-order chi connectivity index (χ1) is 13.7. The standard InChI is InChI=1S/C23H25N3OS/c1-16-21(25-20-11-5-4-10-19(20)24-16)15-26-13-7-8-17(14-26)23(27)18-9-3-6-12-22(18)28-2/h3-6,9-12,17H,7-8,13-15H2,1-2H3. The van der Waals surface area contributed by atoms with Crippen LogP contribution in [0.2, 0.25) is 0 Å². The molecule has 1 unspecified atom stereocenters. The van der Waals surface area contributed by atoms with Gasteiger partial charge in [0.05, 0.1) is 22.4 Å². The summed E-state index contributed by atoms with van der Waals surface area (Å²) in [5.74, 6) is 0.326. The van der Waals surface area contributed by atoms with Crippen LogP contribution in [0, 0.1) is 12.8 Å². The summed E-state index contributed by atoms with van der Waals surface area (Å²) in [6.45, 7) is 4.56. The van der Waals surface area contributed by atoms with Gasteiger partial charge in [0.25, 0.3) is 0 Å². The molecule has 0 radical (unpaired) electrons. The molecule has 1 aliphatic heterocycles. The maximum Gasteiger partial charge on any atom is 0.168 e. The van der Waals surface area contributed by atoms with E-state index in [1.165, 1.54) is 0 Å². The number of likely N-dealkylation sites (tertiary alicyclic amines) is 1. The molecule has 0 bridgehead atoms. The average Bonchev–Trinajstić information content (AvgIpc) is 2.74. The quantitative estimate of drug-likeness (QED) is 0.464. The predicted octanol–water partition coefficient (Wildman–Crippen LogP) is 4.76. The molecule has 1 aliphatic rings. The van der Waals surface area contributed by atoms with Crippen LogP contribution in [0.3, 0.4) is 0 Å². The van der Waals surface area contributed by atoms with Crippen molar-refractivity contribution in [2.24, 2.45) is 5.92 Å². The second-order valence-electron chi connectivity index (χ2n) is 7.38. The molecule has 1 saturated heterocycles. The summed E-state index contributed by atoms with van der Waals surface area (Å²) in [6, 6.07) is 15.9. The zero-order valence-corrected chi connectivity index (χ0v) is 17.2. The van der Waals surface area contributed by atoms with E-state index in [4.69, 9.17) is 9.97 Å². The number of para-hydroxylation sites is 2. The molecule has 2 aromatic carbocycles. The van der Waals surface area contributed by atoms with Gasteiger partial charge >= 0.3 is 0 Å². The first kappa shape index (κ1) is 19.1. The van der Waals surface area contributed by atoms with Crippen LogP contribution >= 0.6 is 11.8 Å². The van der Waals surface area contributed by atoms with Crippen molar-refractivity contribution in [2.45, 2.75) is 31.2 Å². The van der Waals surface area contributed by atoms with Crippen molar-refractivity contribution in [3.05, 3.63) is 65.5 Å². The monoisotopic (exact) mass is 391 g/mol. The van der Waals surface area contributed by atoms with Crippen LogP contribution in [-0.2, 0) is 6.54 Å². The molecule has 1 fully saturated rings. The smallest absolute Gasteiger partial charge is 0.168 e. The Morgan fingerprint density at radius 1 is 1.11 bits per heavy atom. The second-order valence-corrected chi connectivity index (χ2v) is 8.23. The average molecular weight is 392 g/mol. The van der Waals surface area contributed by atoms with Crippen LogP contribution in [0.25, 0.3) is 11.0 Å². The summed E-state index contributed by atoms with van der Waals surface area (Å²) in [6.07, 6.45) is 4.03. The van der Waals surface area contributed by atoms with Crippen molar-refractivity contribution in [1.29, 1.82) is 0 Å². The summed E-state index contributed by atoms with van der Waals surface area (Å²) < 4.78 is 0. The molecule has 0 aliphatic carbocycles. The molecule has 4 rings (SSSR count). The number of carbonyl (C=O) groups excluding carboxylic acids is 1. The van der Waals surface area contributed by atoms with Crippen LogP contribution in [0.4, 0.5) is 0 Å². The maximum atomic E-state index is 13.2. The van der Waals surface area contributed by atoms with E-state index in [0.29, 0.717) is 0 Å². The fraction of sp³-hybridized carbons (Fsp3) is 0.348. The fourth-order valence-electron chi connectivity index (χ4n) is 3.97. The van der Waals surface area contributed by atoms with Gasteiger partial charge in [-0.1, -0.05) is 30.3 Å². The Morgan fingerprint density at radius 2 is 1.82 bits per heavy atom. The number of aryl methyl sites for hydroxylation is 1. The molecular weight excluding hydrogens is 366 g/mol. The minimum Gasteiger partial charge on any atom is -0.297 e. The molecule has 144 valence electrons. The third kappa shape index (κ3) is 3.96. The Hall–Kier alpha value is -2.24. The van der Waals surface area contributed by atoms with E-state index in [0.717, 1.165) is 65.4 Å². The van der Waals surface area contributed by atoms with E-state index in [9.17, 15) is 4.79 Å². The number of piperidine rings is 1. The molecule has 28 heavy (non-hydrogen) atoms. The van der Waals surface area contributed by atoms with E-state index < -0.39 is 0 Å². The van der Waals surface area contributed by atoms with Gasteiger partial charge in [-0.15, -0.1) is 11.8 Å². The molecule has 4 nitrogen and oxygen atoms in total. The molecule has 0 N–H and O–H groups in total. The number of benzene rings is 2. The first-order valence-corrected chi connectivity index (χ1v) is 11.0. The highest BCUT2D eigenvalue weighted by Gasteiger charge is 2.28. The van der Waals surface area contributed by atoms with Crippen LogP contribution in [0.5, 0.6) is 0 Å². The minimum absolute atomic E-state index is 0.0516. The summed E-state index contributed by atoms with van der Waals surface area (Å²) in [4.78, 5) is 26.1. The first-order valence-electron chi connectivity index (χ1n) is 9.77. The lowest BCUT2D eigenvalue weighted by atomic mass is 9.90. The van der Waals surface area contributed by atoms with Crippen molar-refractivity contribution in [3.63, 3.8) is 0 Å². The molecule has 0 amide bonds. The maximum absolute atomic E-state index is 13.2. The fourth-order valence-corrected chi connectivity index (χ4v) is 4.57. The number of aromatic nitrogens is 2. The third-order valence-corrected chi connectivity index (χ3v) is 6.26. The molecule has 3 aromatic rings. The zero-order valence-electron chi connectivity index (χ0n) is 16.4. The highest BCUT2D eigenvalue weighted by molar-refractivity contribution is 7.98. The third-order valence-electron chi connectivity index (χ3n) is 5.47. The van der Waals surface area contributed by atoms with E-state index in [-0.39, 0.29) is 11.7 Å². The normalized spacial score (nSPS) is 17.7. The lowest BCUT2D eigenvalue weighted by molar-refractivity contribution is 0.0807. The number of carbonyl (C=O) groups is 1. The molecule has 0 saturated carbocycles. The number of hydrogen-bond donors (Lipinski definition) is 0. The highest BCUT2D eigenvalue weighted by atomic mass is 32.2. The molecular formula is C23H25N3OS. The lowest BCUT2D eigenvalue weighted by Crippen LogP contribution is -2.38. The number of Topliss-reactive ketones (excluding diaryl/α,β-unsaturated/α-hetero) is 1. The number of rotatable bonds is 5. The van der Waals surface area contributed by atoms with Crippen LogP contribution < -0.4 is 0 Å². The molecule has 1 atom stereocenters. The van der Waals surface area contributed by atoms with Gasteiger partial charge in [0.2, 0.25) is 0 Å². The summed E-state index contributed by atoms with van der Waals surface area (Å²) >= 11 is 1.64. The van der Waals surface area contributed by atoms with Gasteiger partial charge in [-0.05, 0) is 50.8 Å². The molecule has 0 spiro atoms. The van der Waals surface area contributed by atoms with Gasteiger partial charge < -0.3 is 0 Å². The van der Waals surface area contributed by atoms with Gasteiger partial charge in [0, 0.05) is 29.5 Å². The SMILES string of the molecule is CSc1ccccc1C(=O)C1CCCN(Cc2nc3ccccc3nc2C)C1. The number of thioether (sulfide) groups is 1. The number of hydrogen-bond acceptors (Lipinski definition) is 5. The Bertz CT molecular complexity index is 1000.